The molecule has 0 radical (unpaired) electrons. The number of hydrogen-bond acceptors (Lipinski definition) is 5. The first-order valence-corrected chi connectivity index (χ1v) is 13.4. The minimum Gasteiger partial charge on any atom is -0.489 e. The van der Waals surface area contributed by atoms with Crippen LogP contribution in [0.1, 0.15) is 31.7 Å². The van der Waals surface area contributed by atoms with Gasteiger partial charge in [0.05, 0.1) is 11.9 Å². The van der Waals surface area contributed by atoms with E-state index in [1.807, 2.05) is 30.3 Å². The highest BCUT2D eigenvalue weighted by atomic mass is 32.2. The van der Waals surface area contributed by atoms with Gasteiger partial charge in [0, 0.05) is 6.54 Å². The van der Waals surface area contributed by atoms with Crippen LogP contribution in [-0.4, -0.2) is 58.2 Å². The van der Waals surface area contributed by atoms with Gasteiger partial charge in [0.15, 0.2) is 0 Å². The van der Waals surface area contributed by atoms with Crippen molar-refractivity contribution in [3.8, 4) is 5.75 Å². The number of nitrogens with one attached hydrogen (secondary N) is 1. The van der Waals surface area contributed by atoms with E-state index in [-0.39, 0.29) is 12.5 Å². The molecular formula is C25H35N3O4S. The maximum absolute atomic E-state index is 12.4. The van der Waals surface area contributed by atoms with Gasteiger partial charge in [-0.2, -0.15) is 0 Å². The monoisotopic (exact) mass is 473 g/mol. The van der Waals surface area contributed by atoms with Gasteiger partial charge in [0.1, 0.15) is 18.9 Å². The normalized spacial score (nSPS) is 15.2. The van der Waals surface area contributed by atoms with Gasteiger partial charge in [-0.05, 0) is 74.6 Å². The third-order valence-corrected chi connectivity index (χ3v) is 7.05. The molecule has 0 spiro atoms. The summed E-state index contributed by atoms with van der Waals surface area (Å²) in [5, 5.41) is 2.86. The Morgan fingerprint density at radius 1 is 1.09 bits per heavy atom. The van der Waals surface area contributed by atoms with Crippen LogP contribution in [0.25, 0.3) is 0 Å². The second kappa shape index (κ2) is 12.0. The van der Waals surface area contributed by atoms with Crippen molar-refractivity contribution >= 4 is 21.6 Å². The Hall–Kier alpha value is -2.58. The van der Waals surface area contributed by atoms with Gasteiger partial charge in [-0.1, -0.05) is 37.3 Å². The highest BCUT2D eigenvalue weighted by molar-refractivity contribution is 7.92. The summed E-state index contributed by atoms with van der Waals surface area (Å²) in [5.41, 5.74) is 1.48. The molecule has 3 rings (SSSR count). The fourth-order valence-electron chi connectivity index (χ4n) is 3.85. The summed E-state index contributed by atoms with van der Waals surface area (Å²) in [6.45, 7) is 6.18. The van der Waals surface area contributed by atoms with Crippen molar-refractivity contribution in [2.75, 3.05) is 43.3 Å². The molecule has 2 aromatic rings. The summed E-state index contributed by atoms with van der Waals surface area (Å²) >= 11 is 0. The summed E-state index contributed by atoms with van der Waals surface area (Å²) in [6.07, 6.45) is 4.42. The number of piperidine rings is 1. The van der Waals surface area contributed by atoms with E-state index in [0.717, 1.165) is 48.1 Å². The lowest BCUT2D eigenvalue weighted by atomic mass is 9.99. The first kappa shape index (κ1) is 25.1. The molecule has 1 aliphatic rings. The van der Waals surface area contributed by atoms with Gasteiger partial charge in [-0.25, -0.2) is 8.42 Å². The molecule has 2 aromatic carbocycles. The third-order valence-electron chi connectivity index (χ3n) is 5.91. The van der Waals surface area contributed by atoms with Crippen molar-refractivity contribution in [2.45, 2.75) is 32.8 Å². The van der Waals surface area contributed by atoms with Crippen LogP contribution in [0, 0.1) is 5.92 Å². The molecule has 0 bridgehead atoms. The van der Waals surface area contributed by atoms with Crippen LogP contribution in [0.4, 0.5) is 5.69 Å². The van der Waals surface area contributed by atoms with Crippen LogP contribution in [0.3, 0.4) is 0 Å². The smallest absolute Gasteiger partial charge is 0.240 e. The summed E-state index contributed by atoms with van der Waals surface area (Å²) in [5.74, 6) is 1.12. The second-order valence-electron chi connectivity index (χ2n) is 8.77. The van der Waals surface area contributed by atoms with E-state index in [0.29, 0.717) is 24.6 Å². The average molecular weight is 474 g/mol. The topological polar surface area (TPSA) is 79.0 Å². The van der Waals surface area contributed by atoms with Crippen molar-refractivity contribution in [1.29, 1.82) is 0 Å². The molecule has 1 aliphatic heterocycles. The highest BCUT2D eigenvalue weighted by Crippen LogP contribution is 2.22. The number of ether oxygens (including phenoxy) is 1. The average Bonchev–Trinajstić information content (AvgIpc) is 2.80. The van der Waals surface area contributed by atoms with Gasteiger partial charge in [-0.3, -0.25) is 9.10 Å². The third kappa shape index (κ3) is 8.37. The van der Waals surface area contributed by atoms with Crippen LogP contribution in [0.2, 0.25) is 0 Å². The molecule has 1 saturated heterocycles. The Balaban J connectivity index is 1.48. The Bertz CT molecular complexity index is 972. The zero-order valence-electron chi connectivity index (χ0n) is 19.6. The maximum Gasteiger partial charge on any atom is 0.240 e. The van der Waals surface area contributed by atoms with Crippen LogP contribution in [0.5, 0.6) is 5.75 Å². The van der Waals surface area contributed by atoms with Crippen LogP contribution < -0.4 is 14.4 Å². The molecule has 0 unspecified atom stereocenters. The summed E-state index contributed by atoms with van der Waals surface area (Å²) in [6, 6.07) is 16.6. The van der Waals surface area contributed by atoms with Crippen molar-refractivity contribution in [3.63, 3.8) is 0 Å². The zero-order chi connectivity index (χ0) is 23.7. The molecule has 1 fully saturated rings. The molecule has 0 atom stereocenters. The maximum atomic E-state index is 12.4. The van der Waals surface area contributed by atoms with Gasteiger partial charge in [-0.15, -0.1) is 0 Å². The van der Waals surface area contributed by atoms with E-state index in [4.69, 9.17) is 4.74 Å². The largest absolute Gasteiger partial charge is 0.489 e. The molecule has 0 aliphatic carbocycles. The van der Waals surface area contributed by atoms with E-state index >= 15 is 0 Å². The SMILES string of the molecule is CC1CCN(CCCNC(=O)CN(c2ccc(OCc3ccccc3)cc2)S(C)(=O)=O)CC1. The van der Waals surface area contributed by atoms with Crippen molar-refractivity contribution < 1.29 is 17.9 Å². The molecule has 7 nitrogen and oxygen atoms in total. The molecule has 33 heavy (non-hydrogen) atoms. The molecule has 1 N–H and O–H groups in total. The number of carbonyl (C=O) groups is 1. The molecule has 0 saturated carbocycles. The standard InChI is InChI=1S/C25H35N3O4S/c1-21-13-17-27(18-14-21)16-6-15-26-25(29)19-28(33(2,30)31)23-9-11-24(12-10-23)32-20-22-7-4-3-5-8-22/h3-5,7-12,21H,6,13-20H2,1-2H3,(H,26,29). The number of carbonyl (C=O) groups excluding carboxylic acids is 1. The number of sulfonamides is 1. The van der Waals surface area contributed by atoms with Crippen molar-refractivity contribution in [2.24, 2.45) is 5.92 Å². The number of rotatable bonds is 11. The molecule has 0 aromatic heterocycles. The predicted octanol–water partition coefficient (Wildman–Crippen LogP) is 3.27. The number of hydrogen-bond donors (Lipinski definition) is 1. The molecule has 1 amide bonds. The van der Waals surface area contributed by atoms with Gasteiger partial charge < -0.3 is 15.0 Å². The molecule has 1 heterocycles. The highest BCUT2D eigenvalue weighted by Gasteiger charge is 2.21. The Labute approximate surface area is 197 Å². The van der Waals surface area contributed by atoms with E-state index in [1.54, 1.807) is 24.3 Å². The van der Waals surface area contributed by atoms with Gasteiger partial charge in [0.25, 0.3) is 0 Å². The van der Waals surface area contributed by atoms with E-state index in [2.05, 4.69) is 17.1 Å². The minimum absolute atomic E-state index is 0.246. The molecule has 180 valence electrons. The minimum atomic E-state index is -3.61. The predicted molar refractivity (Wildman–Crippen MR) is 132 cm³/mol. The first-order chi connectivity index (χ1) is 15.8. The van der Waals surface area contributed by atoms with E-state index in [9.17, 15) is 13.2 Å². The lowest BCUT2D eigenvalue weighted by molar-refractivity contribution is -0.119. The molecule has 8 heteroatoms. The fourth-order valence-corrected chi connectivity index (χ4v) is 4.71. The van der Waals surface area contributed by atoms with Crippen LogP contribution in [-0.2, 0) is 21.4 Å². The number of likely N-dealkylation sites (tertiary alicyclic amines) is 1. The number of amides is 1. The van der Waals surface area contributed by atoms with Gasteiger partial charge in [0.2, 0.25) is 15.9 Å². The number of nitrogens with zero attached hydrogens (tertiary/aromatic N) is 2. The van der Waals surface area contributed by atoms with Crippen molar-refractivity contribution in [3.05, 3.63) is 60.2 Å². The first-order valence-electron chi connectivity index (χ1n) is 11.5. The Kier molecular flexibility index (Phi) is 9.14. The zero-order valence-corrected chi connectivity index (χ0v) is 20.4. The number of benzene rings is 2. The number of anilines is 1. The second-order valence-corrected chi connectivity index (χ2v) is 10.7. The van der Waals surface area contributed by atoms with Gasteiger partial charge >= 0.3 is 0 Å². The summed E-state index contributed by atoms with van der Waals surface area (Å²) in [7, 11) is -3.61. The lowest BCUT2D eigenvalue weighted by Crippen LogP contribution is -2.41. The summed E-state index contributed by atoms with van der Waals surface area (Å²) in [4.78, 5) is 14.9. The lowest BCUT2D eigenvalue weighted by Gasteiger charge is -2.30. The van der Waals surface area contributed by atoms with E-state index < -0.39 is 10.0 Å². The summed E-state index contributed by atoms with van der Waals surface area (Å²) < 4.78 is 31.6. The van der Waals surface area contributed by atoms with Crippen molar-refractivity contribution in [1.82, 2.24) is 10.2 Å². The molecular weight excluding hydrogens is 438 g/mol. The van der Waals surface area contributed by atoms with Crippen LogP contribution >= 0.6 is 0 Å². The Morgan fingerprint density at radius 3 is 2.39 bits per heavy atom. The Morgan fingerprint density at radius 2 is 1.76 bits per heavy atom. The van der Waals surface area contributed by atoms with E-state index in [1.165, 1.54) is 12.8 Å². The van der Waals surface area contributed by atoms with Crippen LogP contribution in [0.15, 0.2) is 54.6 Å². The quantitative estimate of drug-likeness (QED) is 0.507. The fraction of sp³-hybridized carbons (Fsp3) is 0.480.